The minimum Gasteiger partial charge on any atom is -0.439 e. The molecule has 1 aromatic carbocycles. The van der Waals surface area contributed by atoms with E-state index in [-0.39, 0.29) is 5.75 Å². The lowest BCUT2D eigenvalue weighted by Crippen LogP contribution is -1.89. The molecule has 76 valence electrons. The molecule has 0 fully saturated rings. The number of benzene rings is 1. The summed E-state index contributed by atoms with van der Waals surface area (Å²) >= 11 is 0. The predicted molar refractivity (Wildman–Crippen MR) is 50.7 cm³/mol. The van der Waals surface area contributed by atoms with Gasteiger partial charge in [0.15, 0.2) is 11.6 Å². The number of ether oxygens (including phenoxy) is 1. The molecule has 2 aromatic rings. The van der Waals surface area contributed by atoms with Crippen LogP contribution in [0, 0.1) is 11.6 Å². The van der Waals surface area contributed by atoms with Crippen molar-refractivity contribution in [2.75, 3.05) is 0 Å². The van der Waals surface area contributed by atoms with Crippen LogP contribution in [0.2, 0.25) is 0 Å². The summed E-state index contributed by atoms with van der Waals surface area (Å²) in [6.07, 6.45) is 1.55. The number of pyridine rings is 1. The van der Waals surface area contributed by atoms with E-state index in [1.54, 1.807) is 24.4 Å². The largest absolute Gasteiger partial charge is 0.439 e. The van der Waals surface area contributed by atoms with Gasteiger partial charge in [0, 0.05) is 18.3 Å². The molecule has 0 amide bonds. The van der Waals surface area contributed by atoms with Crippen LogP contribution in [0.4, 0.5) is 8.78 Å². The zero-order valence-corrected chi connectivity index (χ0v) is 7.65. The van der Waals surface area contributed by atoms with Gasteiger partial charge in [0.05, 0.1) is 0 Å². The van der Waals surface area contributed by atoms with Gasteiger partial charge in [-0.15, -0.1) is 0 Å². The topological polar surface area (TPSA) is 22.1 Å². The van der Waals surface area contributed by atoms with Crippen LogP contribution in [0.1, 0.15) is 0 Å². The van der Waals surface area contributed by atoms with Gasteiger partial charge < -0.3 is 4.74 Å². The lowest BCUT2D eigenvalue weighted by atomic mass is 10.3. The van der Waals surface area contributed by atoms with Gasteiger partial charge in [-0.05, 0) is 18.2 Å². The van der Waals surface area contributed by atoms with Crippen LogP contribution in [0.3, 0.4) is 0 Å². The fourth-order valence-electron chi connectivity index (χ4n) is 1.07. The van der Waals surface area contributed by atoms with Crippen LogP contribution in [0.5, 0.6) is 11.6 Å². The maximum absolute atomic E-state index is 12.8. The van der Waals surface area contributed by atoms with Gasteiger partial charge in [0.2, 0.25) is 5.88 Å². The van der Waals surface area contributed by atoms with E-state index in [4.69, 9.17) is 4.74 Å². The van der Waals surface area contributed by atoms with Crippen molar-refractivity contribution in [1.82, 2.24) is 4.98 Å². The molecule has 1 aromatic heterocycles. The molecule has 0 radical (unpaired) electrons. The molecule has 2 rings (SSSR count). The molecule has 0 aliphatic heterocycles. The number of hydrogen-bond donors (Lipinski definition) is 0. The van der Waals surface area contributed by atoms with Crippen LogP contribution in [-0.2, 0) is 0 Å². The van der Waals surface area contributed by atoms with Gasteiger partial charge in [-0.25, -0.2) is 13.8 Å². The van der Waals surface area contributed by atoms with Crippen molar-refractivity contribution in [2.45, 2.75) is 0 Å². The van der Waals surface area contributed by atoms with E-state index in [0.29, 0.717) is 5.88 Å². The van der Waals surface area contributed by atoms with Crippen molar-refractivity contribution in [1.29, 1.82) is 0 Å². The summed E-state index contributed by atoms with van der Waals surface area (Å²) in [6.45, 7) is 0. The summed E-state index contributed by atoms with van der Waals surface area (Å²) < 4.78 is 30.6. The highest BCUT2D eigenvalue weighted by atomic mass is 19.2. The summed E-state index contributed by atoms with van der Waals surface area (Å²) in [4.78, 5) is 3.89. The third kappa shape index (κ3) is 2.28. The second-order valence-electron chi connectivity index (χ2n) is 2.85. The summed E-state index contributed by atoms with van der Waals surface area (Å²) in [5.74, 6) is -1.29. The quantitative estimate of drug-likeness (QED) is 0.754. The van der Waals surface area contributed by atoms with E-state index >= 15 is 0 Å². The molecule has 0 aliphatic rings. The third-order valence-corrected chi connectivity index (χ3v) is 1.75. The summed E-state index contributed by atoms with van der Waals surface area (Å²) in [7, 11) is 0. The second-order valence-corrected chi connectivity index (χ2v) is 2.85. The SMILES string of the molecule is Fc1ccc(Oc2ccccn2)cc1F. The molecule has 4 heteroatoms. The third-order valence-electron chi connectivity index (χ3n) is 1.75. The second kappa shape index (κ2) is 4.04. The lowest BCUT2D eigenvalue weighted by molar-refractivity contribution is 0.447. The van der Waals surface area contributed by atoms with Crippen molar-refractivity contribution in [3.05, 3.63) is 54.2 Å². The van der Waals surface area contributed by atoms with Crippen molar-refractivity contribution < 1.29 is 13.5 Å². The van der Waals surface area contributed by atoms with Crippen molar-refractivity contribution in [2.24, 2.45) is 0 Å². The van der Waals surface area contributed by atoms with Gasteiger partial charge >= 0.3 is 0 Å². The van der Waals surface area contributed by atoms with E-state index in [1.165, 1.54) is 6.07 Å². The molecule has 0 spiro atoms. The first-order valence-electron chi connectivity index (χ1n) is 4.29. The van der Waals surface area contributed by atoms with Crippen molar-refractivity contribution in [3.8, 4) is 11.6 Å². The van der Waals surface area contributed by atoms with Crippen LogP contribution >= 0.6 is 0 Å². The standard InChI is InChI=1S/C11H7F2NO/c12-9-5-4-8(7-10(9)13)15-11-3-1-2-6-14-11/h1-7H. The first kappa shape index (κ1) is 9.58. The Bertz CT molecular complexity index is 459. The monoisotopic (exact) mass is 207 g/mol. The highest BCUT2D eigenvalue weighted by Crippen LogP contribution is 2.20. The van der Waals surface area contributed by atoms with Gasteiger partial charge in [-0.3, -0.25) is 0 Å². The minimum atomic E-state index is -0.941. The Morgan fingerprint density at radius 2 is 1.87 bits per heavy atom. The zero-order valence-electron chi connectivity index (χ0n) is 7.65. The van der Waals surface area contributed by atoms with E-state index in [2.05, 4.69) is 4.98 Å². The predicted octanol–water partition coefficient (Wildman–Crippen LogP) is 3.15. The minimum absolute atomic E-state index is 0.215. The Morgan fingerprint density at radius 1 is 1.00 bits per heavy atom. The van der Waals surface area contributed by atoms with Crippen LogP contribution in [0.25, 0.3) is 0 Å². The van der Waals surface area contributed by atoms with Gasteiger partial charge in [-0.2, -0.15) is 0 Å². The molecule has 0 unspecified atom stereocenters. The average Bonchev–Trinajstić information content (AvgIpc) is 2.25. The molecule has 0 atom stereocenters. The summed E-state index contributed by atoms with van der Waals surface area (Å²) in [6, 6.07) is 8.42. The highest BCUT2D eigenvalue weighted by Gasteiger charge is 2.04. The number of nitrogens with zero attached hydrogens (tertiary/aromatic N) is 1. The number of aromatic nitrogens is 1. The Labute approximate surface area is 85.2 Å². The zero-order chi connectivity index (χ0) is 10.7. The van der Waals surface area contributed by atoms with Crippen molar-refractivity contribution in [3.63, 3.8) is 0 Å². The molecule has 0 aliphatic carbocycles. The van der Waals surface area contributed by atoms with Crippen LogP contribution in [-0.4, -0.2) is 4.98 Å². The molecular weight excluding hydrogens is 200 g/mol. The number of halogens is 2. The molecule has 2 nitrogen and oxygen atoms in total. The van der Waals surface area contributed by atoms with E-state index in [0.717, 1.165) is 12.1 Å². The number of hydrogen-bond acceptors (Lipinski definition) is 2. The van der Waals surface area contributed by atoms with Crippen LogP contribution in [0.15, 0.2) is 42.6 Å². The molecule has 1 heterocycles. The summed E-state index contributed by atoms with van der Waals surface area (Å²) in [5, 5.41) is 0. The smallest absolute Gasteiger partial charge is 0.219 e. The Balaban J connectivity index is 2.22. The highest BCUT2D eigenvalue weighted by molar-refractivity contribution is 5.27. The first-order chi connectivity index (χ1) is 7.25. The fraction of sp³-hybridized carbons (Fsp3) is 0. The van der Waals surface area contributed by atoms with E-state index < -0.39 is 11.6 Å². The van der Waals surface area contributed by atoms with Crippen molar-refractivity contribution >= 4 is 0 Å². The van der Waals surface area contributed by atoms with Crippen LogP contribution < -0.4 is 4.74 Å². The first-order valence-corrected chi connectivity index (χ1v) is 4.29. The average molecular weight is 207 g/mol. The fourth-order valence-corrected chi connectivity index (χ4v) is 1.07. The Kier molecular flexibility index (Phi) is 2.58. The van der Waals surface area contributed by atoms with E-state index in [9.17, 15) is 8.78 Å². The molecule has 0 N–H and O–H groups in total. The molecule has 0 saturated carbocycles. The van der Waals surface area contributed by atoms with Gasteiger partial charge in [0.25, 0.3) is 0 Å². The van der Waals surface area contributed by atoms with Gasteiger partial charge in [0.1, 0.15) is 5.75 Å². The normalized spacial score (nSPS) is 10.0. The molecule has 0 bridgehead atoms. The molecule has 15 heavy (non-hydrogen) atoms. The Hall–Kier alpha value is -1.97. The molecular formula is C11H7F2NO. The summed E-state index contributed by atoms with van der Waals surface area (Å²) in [5.41, 5.74) is 0. The maximum Gasteiger partial charge on any atom is 0.219 e. The van der Waals surface area contributed by atoms with Gasteiger partial charge in [-0.1, -0.05) is 6.07 Å². The van der Waals surface area contributed by atoms with E-state index in [1.807, 2.05) is 0 Å². The number of rotatable bonds is 2. The molecule has 0 saturated heterocycles. The maximum atomic E-state index is 12.8. The lowest BCUT2D eigenvalue weighted by Gasteiger charge is -2.03. The Morgan fingerprint density at radius 3 is 2.53 bits per heavy atom.